The molecule has 0 spiro atoms. The highest BCUT2D eigenvalue weighted by molar-refractivity contribution is 9.10. The van der Waals surface area contributed by atoms with Crippen molar-refractivity contribution in [3.8, 4) is 0 Å². The first-order valence-electron chi connectivity index (χ1n) is 7.65. The zero-order chi connectivity index (χ0) is 15.5. The first kappa shape index (κ1) is 15.6. The number of hydrogen-bond donors (Lipinski definition) is 2. The van der Waals surface area contributed by atoms with Crippen LogP contribution in [0.15, 0.2) is 22.9 Å². The van der Waals surface area contributed by atoms with Crippen LogP contribution in [0.4, 0.5) is 5.82 Å². The fourth-order valence-corrected chi connectivity index (χ4v) is 3.68. The number of aliphatic hydroxyl groups excluding tert-OH is 1. The predicted octanol–water partition coefficient (Wildman–Crippen LogP) is 2.43. The third-order valence-electron chi connectivity index (χ3n) is 4.19. The van der Waals surface area contributed by atoms with Crippen LogP contribution in [0.5, 0.6) is 0 Å². The van der Waals surface area contributed by atoms with E-state index in [2.05, 4.69) is 55.2 Å². The molecule has 1 atom stereocenters. The second-order valence-corrected chi connectivity index (χ2v) is 6.78. The number of benzene rings is 1. The van der Waals surface area contributed by atoms with Gasteiger partial charge in [-0.2, -0.15) is 0 Å². The molecule has 2 heterocycles. The molecule has 2 N–H and O–H groups in total. The minimum atomic E-state index is 0.299. The quantitative estimate of drug-likeness (QED) is 0.852. The van der Waals surface area contributed by atoms with E-state index in [-0.39, 0.29) is 0 Å². The van der Waals surface area contributed by atoms with Crippen LogP contribution in [-0.4, -0.2) is 52.8 Å². The number of rotatable bonds is 5. The normalized spacial score (nSPS) is 19.0. The fourth-order valence-electron chi connectivity index (χ4n) is 3.00. The van der Waals surface area contributed by atoms with Crippen molar-refractivity contribution in [1.82, 2.24) is 14.9 Å². The van der Waals surface area contributed by atoms with E-state index in [0.717, 1.165) is 53.8 Å². The van der Waals surface area contributed by atoms with E-state index >= 15 is 0 Å². The second-order valence-electron chi connectivity index (χ2n) is 5.93. The molecule has 0 amide bonds. The maximum Gasteiger partial charge on any atom is 0.137 e. The molecule has 1 aliphatic heterocycles. The fraction of sp³-hybridized carbons (Fsp3) is 0.500. The summed E-state index contributed by atoms with van der Waals surface area (Å²) in [5.74, 6) is 1.32. The first-order chi connectivity index (χ1) is 10.7. The summed E-state index contributed by atoms with van der Waals surface area (Å²) < 4.78 is 0.998. The zero-order valence-corrected chi connectivity index (χ0v) is 14.3. The zero-order valence-electron chi connectivity index (χ0n) is 12.7. The molecule has 118 valence electrons. The van der Waals surface area contributed by atoms with Crippen LogP contribution in [0, 0.1) is 12.8 Å². The van der Waals surface area contributed by atoms with Gasteiger partial charge in [0, 0.05) is 36.1 Å². The van der Waals surface area contributed by atoms with Gasteiger partial charge in [0.1, 0.15) is 12.1 Å². The van der Waals surface area contributed by atoms with E-state index in [1.807, 2.05) is 0 Å². The number of fused-ring (bicyclic) bond motifs is 1. The van der Waals surface area contributed by atoms with Crippen molar-refractivity contribution in [2.75, 3.05) is 38.1 Å². The third kappa shape index (κ3) is 3.39. The molecule has 22 heavy (non-hydrogen) atoms. The van der Waals surface area contributed by atoms with Gasteiger partial charge in [0.2, 0.25) is 0 Å². The van der Waals surface area contributed by atoms with Gasteiger partial charge in [-0.05, 0) is 59.4 Å². The van der Waals surface area contributed by atoms with Crippen LogP contribution in [0.3, 0.4) is 0 Å². The number of aryl methyl sites for hydroxylation is 1. The van der Waals surface area contributed by atoms with Crippen LogP contribution < -0.4 is 5.32 Å². The van der Waals surface area contributed by atoms with E-state index in [1.165, 1.54) is 5.56 Å². The number of halogens is 1. The smallest absolute Gasteiger partial charge is 0.137 e. The Morgan fingerprint density at radius 2 is 2.27 bits per heavy atom. The summed E-state index contributed by atoms with van der Waals surface area (Å²) in [4.78, 5) is 11.1. The van der Waals surface area contributed by atoms with Crippen molar-refractivity contribution in [3.05, 3.63) is 28.5 Å². The van der Waals surface area contributed by atoms with Gasteiger partial charge in [0.05, 0.1) is 5.52 Å². The van der Waals surface area contributed by atoms with E-state index < -0.39 is 0 Å². The summed E-state index contributed by atoms with van der Waals surface area (Å²) in [6.07, 6.45) is 2.70. The summed E-state index contributed by atoms with van der Waals surface area (Å²) in [7, 11) is 0. The Morgan fingerprint density at radius 1 is 1.41 bits per heavy atom. The molecular formula is C16H21BrN4O. The van der Waals surface area contributed by atoms with E-state index in [4.69, 9.17) is 0 Å². The van der Waals surface area contributed by atoms with Crippen molar-refractivity contribution in [2.24, 2.45) is 5.92 Å². The molecule has 1 aromatic heterocycles. The lowest BCUT2D eigenvalue weighted by Gasteiger charge is -2.16. The Hall–Kier alpha value is -1.24. The van der Waals surface area contributed by atoms with Gasteiger partial charge >= 0.3 is 0 Å². The van der Waals surface area contributed by atoms with E-state index in [9.17, 15) is 5.11 Å². The monoisotopic (exact) mass is 364 g/mol. The van der Waals surface area contributed by atoms with Gasteiger partial charge in [0.15, 0.2) is 0 Å². The van der Waals surface area contributed by atoms with Crippen molar-refractivity contribution in [2.45, 2.75) is 13.3 Å². The predicted molar refractivity (Wildman–Crippen MR) is 92.1 cm³/mol. The standard InChI is InChI=1S/C16H21BrN4O/c1-11-6-13-15(14(17)7-11)19-10-20-16(13)18-3-5-21-4-2-12(8-21)9-22/h6-7,10,12,22H,2-5,8-9H2,1H3,(H,18,19,20). The van der Waals surface area contributed by atoms with Gasteiger partial charge in [-0.15, -0.1) is 0 Å². The molecule has 1 unspecified atom stereocenters. The maximum atomic E-state index is 9.19. The average molecular weight is 365 g/mol. The molecule has 0 saturated carbocycles. The van der Waals surface area contributed by atoms with Gasteiger partial charge in [-0.25, -0.2) is 9.97 Å². The van der Waals surface area contributed by atoms with E-state index in [1.54, 1.807) is 6.33 Å². The molecule has 2 aromatic rings. The van der Waals surface area contributed by atoms with Crippen molar-refractivity contribution in [1.29, 1.82) is 0 Å². The van der Waals surface area contributed by atoms with Crippen LogP contribution in [0.2, 0.25) is 0 Å². The van der Waals surface area contributed by atoms with E-state index in [0.29, 0.717) is 12.5 Å². The number of nitrogens with one attached hydrogen (secondary N) is 1. The topological polar surface area (TPSA) is 61.3 Å². The first-order valence-corrected chi connectivity index (χ1v) is 8.44. The summed E-state index contributed by atoms with van der Waals surface area (Å²) in [6, 6.07) is 4.18. The Kier molecular flexibility index (Phi) is 4.90. The van der Waals surface area contributed by atoms with Gasteiger partial charge in [-0.1, -0.05) is 0 Å². The highest BCUT2D eigenvalue weighted by atomic mass is 79.9. The highest BCUT2D eigenvalue weighted by Gasteiger charge is 2.21. The highest BCUT2D eigenvalue weighted by Crippen LogP contribution is 2.27. The molecule has 0 radical (unpaired) electrons. The number of anilines is 1. The molecule has 5 nitrogen and oxygen atoms in total. The second kappa shape index (κ2) is 6.89. The molecule has 1 saturated heterocycles. The minimum Gasteiger partial charge on any atom is -0.396 e. The molecule has 0 bridgehead atoms. The van der Waals surface area contributed by atoms with Crippen molar-refractivity contribution in [3.63, 3.8) is 0 Å². The van der Waals surface area contributed by atoms with Crippen molar-refractivity contribution < 1.29 is 5.11 Å². The van der Waals surface area contributed by atoms with Crippen LogP contribution in [0.1, 0.15) is 12.0 Å². The van der Waals surface area contributed by atoms with Crippen molar-refractivity contribution >= 4 is 32.7 Å². The molecule has 6 heteroatoms. The molecule has 1 fully saturated rings. The molecule has 1 aromatic carbocycles. The van der Waals surface area contributed by atoms with Crippen LogP contribution >= 0.6 is 15.9 Å². The lowest BCUT2D eigenvalue weighted by molar-refractivity contribution is 0.223. The molecule has 0 aliphatic carbocycles. The Labute approximate surface area is 138 Å². The van der Waals surface area contributed by atoms with Gasteiger partial charge in [0.25, 0.3) is 0 Å². The molecular weight excluding hydrogens is 344 g/mol. The lowest BCUT2D eigenvalue weighted by atomic mass is 10.1. The SMILES string of the molecule is Cc1cc(Br)c2ncnc(NCCN3CCC(CO)C3)c2c1. The average Bonchev–Trinajstić information content (AvgIpc) is 2.96. The lowest BCUT2D eigenvalue weighted by Crippen LogP contribution is -2.27. The van der Waals surface area contributed by atoms with Crippen LogP contribution in [0.25, 0.3) is 10.9 Å². The largest absolute Gasteiger partial charge is 0.396 e. The number of hydrogen-bond acceptors (Lipinski definition) is 5. The third-order valence-corrected chi connectivity index (χ3v) is 4.79. The molecule has 3 rings (SSSR count). The van der Waals surface area contributed by atoms with Gasteiger partial charge in [-0.3, -0.25) is 0 Å². The Balaban J connectivity index is 1.67. The molecule has 1 aliphatic rings. The summed E-state index contributed by atoms with van der Waals surface area (Å²) in [5, 5.41) is 13.7. The Bertz CT molecular complexity index is 664. The number of aliphatic hydroxyl groups is 1. The summed E-state index contributed by atoms with van der Waals surface area (Å²) in [5.41, 5.74) is 2.12. The van der Waals surface area contributed by atoms with Gasteiger partial charge < -0.3 is 15.3 Å². The Morgan fingerprint density at radius 3 is 3.05 bits per heavy atom. The maximum absolute atomic E-state index is 9.19. The minimum absolute atomic E-state index is 0.299. The number of aromatic nitrogens is 2. The van der Waals surface area contributed by atoms with Crippen LogP contribution in [-0.2, 0) is 0 Å². The summed E-state index contributed by atoms with van der Waals surface area (Å²) >= 11 is 3.57. The number of likely N-dealkylation sites (tertiary alicyclic amines) is 1. The number of nitrogens with zero attached hydrogens (tertiary/aromatic N) is 3. The summed E-state index contributed by atoms with van der Waals surface area (Å²) in [6.45, 7) is 6.24.